The van der Waals surface area contributed by atoms with E-state index in [0.29, 0.717) is 17.1 Å². The van der Waals surface area contributed by atoms with Gasteiger partial charge >= 0.3 is 0 Å². The van der Waals surface area contributed by atoms with Crippen LogP contribution in [0.3, 0.4) is 0 Å². The minimum atomic E-state index is -3.62. The Hall–Kier alpha value is -1.93. The van der Waals surface area contributed by atoms with E-state index in [1.807, 2.05) is 0 Å². The zero-order chi connectivity index (χ0) is 14.0. The molecule has 0 atom stereocenters. The normalized spacial score (nSPS) is 11.7. The van der Waals surface area contributed by atoms with Gasteiger partial charge in [0.25, 0.3) is 0 Å². The molecule has 0 radical (unpaired) electrons. The Bertz CT molecular complexity index is 693. The molecule has 0 aliphatic heterocycles. The van der Waals surface area contributed by atoms with Gasteiger partial charge in [-0.15, -0.1) is 0 Å². The number of nitrogens with zero attached hydrogens (tertiary/aromatic N) is 3. The molecule has 0 spiro atoms. The van der Waals surface area contributed by atoms with Crippen LogP contribution in [0.2, 0.25) is 0 Å². The first-order chi connectivity index (χ1) is 8.90. The molecule has 0 saturated carbocycles. The molecule has 1 aromatic heterocycles. The number of aromatic nitrogens is 3. The molecule has 3 N–H and O–H groups in total. The van der Waals surface area contributed by atoms with E-state index >= 15 is 0 Å². The molecule has 8 heteroatoms. The van der Waals surface area contributed by atoms with Gasteiger partial charge in [-0.2, -0.15) is 5.10 Å². The standard InChI is InChI=1S/C11H15N5O2S/c1-8-9(12)4-3-5-10(8)19(17,18)14-6-11-13-7-16(2)15-11/h3-5,7,14H,6,12H2,1-2H3. The maximum Gasteiger partial charge on any atom is 0.241 e. The number of rotatable bonds is 4. The topological polar surface area (TPSA) is 103 Å². The lowest BCUT2D eigenvalue weighted by molar-refractivity contribution is 0.578. The van der Waals surface area contributed by atoms with Crippen LogP contribution < -0.4 is 10.5 Å². The molecule has 0 amide bonds. The molecule has 1 heterocycles. The first kappa shape index (κ1) is 13.5. The molecule has 0 saturated heterocycles. The third-order valence-electron chi connectivity index (χ3n) is 2.68. The summed E-state index contributed by atoms with van der Waals surface area (Å²) in [6.45, 7) is 1.71. The van der Waals surface area contributed by atoms with Gasteiger partial charge in [-0.05, 0) is 24.6 Å². The minimum Gasteiger partial charge on any atom is -0.398 e. The lowest BCUT2D eigenvalue weighted by atomic mass is 10.2. The summed E-state index contributed by atoms with van der Waals surface area (Å²) >= 11 is 0. The average molecular weight is 281 g/mol. The molecule has 0 fully saturated rings. The van der Waals surface area contributed by atoms with Crippen LogP contribution >= 0.6 is 0 Å². The van der Waals surface area contributed by atoms with Gasteiger partial charge < -0.3 is 5.73 Å². The van der Waals surface area contributed by atoms with E-state index in [1.165, 1.54) is 17.1 Å². The highest BCUT2D eigenvalue weighted by molar-refractivity contribution is 7.89. The van der Waals surface area contributed by atoms with Crippen LogP contribution in [-0.2, 0) is 23.6 Å². The summed E-state index contributed by atoms with van der Waals surface area (Å²) in [5, 5.41) is 4.00. The summed E-state index contributed by atoms with van der Waals surface area (Å²) in [5.74, 6) is 0.410. The molecule has 0 aliphatic rings. The number of nitrogens with two attached hydrogens (primary N) is 1. The number of benzene rings is 1. The van der Waals surface area contributed by atoms with Crippen molar-refractivity contribution >= 4 is 15.7 Å². The van der Waals surface area contributed by atoms with E-state index in [1.54, 1.807) is 26.1 Å². The summed E-state index contributed by atoms with van der Waals surface area (Å²) in [7, 11) is -1.91. The second kappa shape index (κ2) is 4.98. The van der Waals surface area contributed by atoms with Crippen LogP contribution in [0, 0.1) is 6.92 Å². The van der Waals surface area contributed by atoms with Crippen molar-refractivity contribution in [2.45, 2.75) is 18.4 Å². The summed E-state index contributed by atoms with van der Waals surface area (Å²) in [4.78, 5) is 4.12. The zero-order valence-electron chi connectivity index (χ0n) is 10.7. The maximum atomic E-state index is 12.2. The van der Waals surface area contributed by atoms with Gasteiger partial charge in [0.1, 0.15) is 6.33 Å². The van der Waals surface area contributed by atoms with Gasteiger partial charge in [-0.3, -0.25) is 4.68 Å². The molecule has 2 rings (SSSR count). The van der Waals surface area contributed by atoms with Crippen molar-refractivity contribution in [3.05, 3.63) is 35.9 Å². The molecule has 2 aromatic rings. The first-order valence-corrected chi connectivity index (χ1v) is 7.08. The van der Waals surface area contributed by atoms with Gasteiger partial charge in [0.15, 0.2) is 5.82 Å². The van der Waals surface area contributed by atoms with Crippen molar-refractivity contribution in [1.82, 2.24) is 19.5 Å². The van der Waals surface area contributed by atoms with E-state index in [-0.39, 0.29) is 11.4 Å². The Morgan fingerprint density at radius 1 is 1.42 bits per heavy atom. The number of hydrogen-bond acceptors (Lipinski definition) is 5. The molecule has 0 bridgehead atoms. The fraction of sp³-hybridized carbons (Fsp3) is 0.273. The lowest BCUT2D eigenvalue weighted by Crippen LogP contribution is -2.24. The first-order valence-electron chi connectivity index (χ1n) is 5.59. The van der Waals surface area contributed by atoms with Crippen molar-refractivity contribution in [2.24, 2.45) is 7.05 Å². The minimum absolute atomic E-state index is 0.0391. The van der Waals surface area contributed by atoms with E-state index in [0.717, 1.165) is 0 Å². The van der Waals surface area contributed by atoms with Crippen LogP contribution in [0.25, 0.3) is 0 Å². The van der Waals surface area contributed by atoms with Crippen molar-refractivity contribution in [3.8, 4) is 0 Å². The van der Waals surface area contributed by atoms with Crippen LogP contribution in [0.5, 0.6) is 0 Å². The summed E-state index contributed by atoms with van der Waals surface area (Å²) in [6, 6.07) is 4.78. The predicted molar refractivity (Wildman–Crippen MR) is 70.6 cm³/mol. The van der Waals surface area contributed by atoms with E-state index < -0.39 is 10.0 Å². The van der Waals surface area contributed by atoms with E-state index in [9.17, 15) is 8.42 Å². The van der Waals surface area contributed by atoms with Crippen molar-refractivity contribution < 1.29 is 8.42 Å². The maximum absolute atomic E-state index is 12.2. The molecular weight excluding hydrogens is 266 g/mol. The van der Waals surface area contributed by atoms with Crippen LogP contribution in [0.4, 0.5) is 5.69 Å². The van der Waals surface area contributed by atoms with Crippen molar-refractivity contribution in [1.29, 1.82) is 0 Å². The van der Waals surface area contributed by atoms with Gasteiger partial charge in [-0.1, -0.05) is 6.07 Å². The molecule has 7 nitrogen and oxygen atoms in total. The Morgan fingerprint density at radius 3 is 2.79 bits per heavy atom. The average Bonchev–Trinajstić information content (AvgIpc) is 2.76. The summed E-state index contributed by atoms with van der Waals surface area (Å²) in [6.07, 6.45) is 1.51. The second-order valence-electron chi connectivity index (χ2n) is 4.13. The van der Waals surface area contributed by atoms with Gasteiger partial charge in [-0.25, -0.2) is 18.1 Å². The SMILES string of the molecule is Cc1c(N)cccc1S(=O)(=O)NCc1ncn(C)n1. The molecule has 1 aromatic carbocycles. The lowest BCUT2D eigenvalue weighted by Gasteiger charge is -2.09. The van der Waals surface area contributed by atoms with Crippen molar-refractivity contribution in [2.75, 3.05) is 5.73 Å². The highest BCUT2D eigenvalue weighted by Gasteiger charge is 2.18. The Morgan fingerprint density at radius 2 is 2.16 bits per heavy atom. The number of aryl methyl sites for hydroxylation is 1. The Balaban J connectivity index is 2.21. The Kier molecular flexibility index (Phi) is 3.54. The highest BCUT2D eigenvalue weighted by atomic mass is 32.2. The third-order valence-corrected chi connectivity index (χ3v) is 4.23. The second-order valence-corrected chi connectivity index (χ2v) is 5.86. The number of sulfonamides is 1. The number of anilines is 1. The van der Waals surface area contributed by atoms with Gasteiger partial charge in [0.05, 0.1) is 11.4 Å². The van der Waals surface area contributed by atoms with Crippen molar-refractivity contribution in [3.63, 3.8) is 0 Å². The number of hydrogen-bond donors (Lipinski definition) is 2. The van der Waals surface area contributed by atoms with E-state index in [2.05, 4.69) is 14.8 Å². The summed E-state index contributed by atoms with van der Waals surface area (Å²) < 4.78 is 28.3. The highest BCUT2D eigenvalue weighted by Crippen LogP contribution is 2.20. The fourth-order valence-electron chi connectivity index (χ4n) is 1.62. The summed E-state index contributed by atoms with van der Waals surface area (Å²) in [5.41, 5.74) is 6.68. The zero-order valence-corrected chi connectivity index (χ0v) is 11.5. The Labute approximate surface area is 111 Å². The van der Waals surface area contributed by atoms with Crippen LogP contribution in [0.15, 0.2) is 29.4 Å². The largest absolute Gasteiger partial charge is 0.398 e. The molecule has 0 unspecified atom stereocenters. The molecule has 19 heavy (non-hydrogen) atoms. The monoisotopic (exact) mass is 281 g/mol. The number of nitrogen functional groups attached to an aromatic ring is 1. The van der Waals surface area contributed by atoms with Gasteiger partial charge in [0.2, 0.25) is 10.0 Å². The third kappa shape index (κ3) is 2.91. The number of nitrogens with one attached hydrogen (secondary N) is 1. The van der Waals surface area contributed by atoms with Gasteiger partial charge in [0, 0.05) is 12.7 Å². The predicted octanol–water partition coefficient (Wildman–Crippen LogP) is 0.184. The fourth-order valence-corrected chi connectivity index (χ4v) is 2.88. The van der Waals surface area contributed by atoms with Crippen LogP contribution in [0.1, 0.15) is 11.4 Å². The van der Waals surface area contributed by atoms with E-state index in [4.69, 9.17) is 5.73 Å². The molecule has 0 aliphatic carbocycles. The molecular formula is C11H15N5O2S. The quantitative estimate of drug-likeness (QED) is 0.778. The molecule has 102 valence electrons. The smallest absolute Gasteiger partial charge is 0.241 e. The van der Waals surface area contributed by atoms with Crippen LogP contribution in [-0.4, -0.2) is 23.2 Å².